The zero-order chi connectivity index (χ0) is 8.27. The largest absolute Gasteiger partial charge is 0.479 e. The molecule has 60 valence electrons. The van der Waals surface area contributed by atoms with Gasteiger partial charge in [0.1, 0.15) is 12.0 Å². The Balaban J connectivity index is 2.79. The van der Waals surface area contributed by atoms with E-state index in [0.717, 1.165) is 6.39 Å². The highest BCUT2D eigenvalue weighted by Gasteiger charge is 2.21. The first-order valence-electron chi connectivity index (χ1n) is 2.89. The van der Waals surface area contributed by atoms with Gasteiger partial charge >= 0.3 is 5.97 Å². The summed E-state index contributed by atoms with van der Waals surface area (Å²) in [5, 5.41) is 8.54. The number of carbonyl (C=O) groups is 1. The van der Waals surface area contributed by atoms with Crippen LogP contribution in [0.2, 0.25) is 0 Å². The number of rotatable bonds is 3. The minimum Gasteiger partial charge on any atom is -0.479 e. The number of nitrogens with zero attached hydrogens (tertiary/aromatic N) is 1. The summed E-state index contributed by atoms with van der Waals surface area (Å²) in [6.07, 6.45) is 1.36. The van der Waals surface area contributed by atoms with Crippen LogP contribution in [0.5, 0.6) is 0 Å². The van der Waals surface area contributed by atoms with Crippen LogP contribution < -0.4 is 0 Å². The number of hydrogen-bond donors (Lipinski definition) is 1. The van der Waals surface area contributed by atoms with E-state index in [1.165, 1.54) is 13.4 Å². The lowest BCUT2D eigenvalue weighted by Gasteiger charge is -2.04. The molecule has 5 nitrogen and oxygen atoms in total. The van der Waals surface area contributed by atoms with Crippen molar-refractivity contribution in [2.24, 2.45) is 0 Å². The lowest BCUT2D eigenvalue weighted by atomic mass is 10.3. The summed E-state index contributed by atoms with van der Waals surface area (Å²) in [6, 6.07) is 0. The number of carboxylic acid groups (broad SMARTS) is 1. The van der Waals surface area contributed by atoms with Crippen LogP contribution in [0.4, 0.5) is 0 Å². The van der Waals surface area contributed by atoms with Crippen molar-refractivity contribution < 1.29 is 19.1 Å². The quantitative estimate of drug-likeness (QED) is 0.689. The van der Waals surface area contributed by atoms with Crippen LogP contribution >= 0.6 is 0 Å². The van der Waals surface area contributed by atoms with Crippen LogP contribution in [-0.4, -0.2) is 23.2 Å². The van der Waals surface area contributed by atoms with Crippen LogP contribution in [0.3, 0.4) is 0 Å². The minimum atomic E-state index is -1.08. The topological polar surface area (TPSA) is 72.6 Å². The second-order valence-electron chi connectivity index (χ2n) is 1.87. The number of methoxy groups -OCH3 is 1. The number of aromatic nitrogens is 1. The molecule has 0 bridgehead atoms. The predicted molar refractivity (Wildman–Crippen MR) is 33.9 cm³/mol. The van der Waals surface area contributed by atoms with Crippen molar-refractivity contribution in [3.05, 3.63) is 18.4 Å². The van der Waals surface area contributed by atoms with Gasteiger partial charge in [0.05, 0.1) is 0 Å². The van der Waals surface area contributed by atoms with E-state index in [4.69, 9.17) is 5.11 Å². The monoisotopic (exact) mass is 157 g/mol. The van der Waals surface area contributed by atoms with E-state index in [1.54, 1.807) is 0 Å². The summed E-state index contributed by atoms with van der Waals surface area (Å²) in [7, 11) is 1.30. The Hall–Kier alpha value is -1.36. The van der Waals surface area contributed by atoms with Crippen LogP contribution in [0, 0.1) is 0 Å². The van der Waals surface area contributed by atoms with Gasteiger partial charge in [0.15, 0.2) is 12.5 Å². The van der Waals surface area contributed by atoms with E-state index in [9.17, 15) is 4.79 Å². The van der Waals surface area contributed by atoms with Crippen molar-refractivity contribution in [3.8, 4) is 0 Å². The lowest BCUT2D eigenvalue weighted by molar-refractivity contribution is -0.149. The first-order chi connectivity index (χ1) is 5.25. The van der Waals surface area contributed by atoms with Crippen LogP contribution in [0.1, 0.15) is 11.8 Å². The number of carboxylic acids is 1. The Bertz CT molecular complexity index is 231. The molecule has 0 unspecified atom stereocenters. The normalized spacial score (nSPS) is 12.8. The zero-order valence-corrected chi connectivity index (χ0v) is 5.85. The van der Waals surface area contributed by atoms with E-state index < -0.39 is 12.1 Å². The minimum absolute atomic E-state index is 0.264. The molecule has 1 aromatic heterocycles. The molecule has 1 atom stereocenters. The molecule has 0 amide bonds. The summed E-state index contributed by atoms with van der Waals surface area (Å²) in [6.45, 7) is 0. The first-order valence-corrected chi connectivity index (χ1v) is 2.89. The van der Waals surface area contributed by atoms with Gasteiger partial charge in [-0.1, -0.05) is 0 Å². The zero-order valence-electron chi connectivity index (χ0n) is 5.85. The van der Waals surface area contributed by atoms with E-state index in [0.29, 0.717) is 0 Å². The Kier molecular flexibility index (Phi) is 2.22. The molecule has 0 aliphatic heterocycles. The summed E-state index contributed by atoms with van der Waals surface area (Å²) in [5.74, 6) is -1.08. The molecule has 5 heteroatoms. The lowest BCUT2D eigenvalue weighted by Crippen LogP contribution is -2.13. The van der Waals surface area contributed by atoms with Crippen molar-refractivity contribution >= 4 is 5.97 Å². The molecule has 0 saturated carbocycles. The molecule has 0 fully saturated rings. The fourth-order valence-electron chi connectivity index (χ4n) is 0.699. The number of ether oxygens (including phenoxy) is 1. The van der Waals surface area contributed by atoms with Crippen molar-refractivity contribution in [1.82, 2.24) is 4.98 Å². The number of hydrogen-bond acceptors (Lipinski definition) is 4. The number of aliphatic carboxylic acids is 1. The molecule has 0 aromatic carbocycles. The average Bonchev–Trinajstić information content (AvgIpc) is 2.40. The molecule has 1 heterocycles. The van der Waals surface area contributed by atoms with Crippen LogP contribution in [0.15, 0.2) is 17.1 Å². The molecule has 0 aliphatic carbocycles. The van der Waals surface area contributed by atoms with Gasteiger partial charge < -0.3 is 14.3 Å². The van der Waals surface area contributed by atoms with E-state index >= 15 is 0 Å². The Labute approximate surface area is 62.6 Å². The molecule has 1 rings (SSSR count). The van der Waals surface area contributed by atoms with Gasteiger partial charge in [-0.25, -0.2) is 9.78 Å². The molecule has 1 aromatic rings. The second kappa shape index (κ2) is 3.16. The maximum Gasteiger partial charge on any atom is 0.339 e. The van der Waals surface area contributed by atoms with Gasteiger partial charge in [0, 0.05) is 7.11 Å². The van der Waals surface area contributed by atoms with E-state index in [-0.39, 0.29) is 5.69 Å². The average molecular weight is 157 g/mol. The fraction of sp³-hybridized carbons (Fsp3) is 0.333. The maximum atomic E-state index is 10.4. The third-order valence-corrected chi connectivity index (χ3v) is 1.18. The summed E-state index contributed by atoms with van der Waals surface area (Å²) >= 11 is 0. The molecular formula is C6H7NO4. The second-order valence-corrected chi connectivity index (χ2v) is 1.87. The van der Waals surface area contributed by atoms with Gasteiger partial charge in [-0.15, -0.1) is 0 Å². The highest BCUT2D eigenvalue weighted by atomic mass is 16.5. The highest BCUT2D eigenvalue weighted by Crippen LogP contribution is 2.13. The maximum absolute atomic E-state index is 10.4. The number of oxazole rings is 1. The molecule has 0 aliphatic rings. The van der Waals surface area contributed by atoms with Gasteiger partial charge in [0.25, 0.3) is 0 Å². The van der Waals surface area contributed by atoms with Gasteiger partial charge in [-0.05, 0) is 0 Å². The fourth-order valence-corrected chi connectivity index (χ4v) is 0.699. The Morgan fingerprint density at radius 1 is 1.91 bits per heavy atom. The van der Waals surface area contributed by atoms with E-state index in [1.807, 2.05) is 0 Å². The van der Waals surface area contributed by atoms with Crippen molar-refractivity contribution in [2.45, 2.75) is 6.10 Å². The van der Waals surface area contributed by atoms with Crippen LogP contribution in [0.25, 0.3) is 0 Å². The SMILES string of the molecule is CO[C@H](C(=O)O)c1cocn1. The van der Waals surface area contributed by atoms with Crippen LogP contribution in [-0.2, 0) is 9.53 Å². The van der Waals surface area contributed by atoms with Gasteiger partial charge in [-0.2, -0.15) is 0 Å². The molecule has 0 saturated heterocycles. The highest BCUT2D eigenvalue weighted by molar-refractivity contribution is 5.73. The third-order valence-electron chi connectivity index (χ3n) is 1.18. The Morgan fingerprint density at radius 3 is 3.00 bits per heavy atom. The third kappa shape index (κ3) is 1.56. The first kappa shape index (κ1) is 7.74. The summed E-state index contributed by atoms with van der Waals surface area (Å²) in [5.41, 5.74) is 0.264. The van der Waals surface area contributed by atoms with Gasteiger partial charge in [-0.3, -0.25) is 0 Å². The summed E-state index contributed by atoms with van der Waals surface area (Å²) < 4.78 is 9.23. The van der Waals surface area contributed by atoms with Crippen molar-refractivity contribution in [1.29, 1.82) is 0 Å². The molecular weight excluding hydrogens is 150 g/mol. The predicted octanol–water partition coefficient (Wildman–Crippen LogP) is 0.447. The molecule has 1 N–H and O–H groups in total. The molecule has 11 heavy (non-hydrogen) atoms. The van der Waals surface area contributed by atoms with E-state index in [2.05, 4.69) is 14.1 Å². The summed E-state index contributed by atoms with van der Waals surface area (Å²) in [4.78, 5) is 14.1. The van der Waals surface area contributed by atoms with Gasteiger partial charge in [0.2, 0.25) is 0 Å². The Morgan fingerprint density at radius 2 is 2.64 bits per heavy atom. The molecule has 0 spiro atoms. The standard InChI is InChI=1S/C6H7NO4/c1-10-5(6(8)9)4-2-11-3-7-4/h2-3,5H,1H3,(H,8,9)/t5-/m0/s1. The smallest absolute Gasteiger partial charge is 0.339 e. The molecule has 0 radical (unpaired) electrons. The van der Waals surface area contributed by atoms with Crippen molar-refractivity contribution in [3.63, 3.8) is 0 Å². The van der Waals surface area contributed by atoms with Crippen molar-refractivity contribution in [2.75, 3.05) is 7.11 Å².